The standard InChI is InChI=1S/C13H18N4S/c1-2-5-17-9-14-7-12(17)13-16-11(8-18-13)6-15-10-3-4-10/h7-10,15H,2-6H2,1H3. The van der Waals surface area contributed by atoms with Crippen LogP contribution in [0.15, 0.2) is 17.9 Å². The van der Waals surface area contributed by atoms with Crippen molar-refractivity contribution < 1.29 is 0 Å². The number of imidazole rings is 1. The number of rotatable bonds is 6. The Hall–Kier alpha value is -1.20. The molecule has 2 aromatic heterocycles. The van der Waals surface area contributed by atoms with Crippen molar-refractivity contribution in [2.45, 2.75) is 45.3 Å². The first-order valence-electron chi connectivity index (χ1n) is 6.55. The highest BCUT2D eigenvalue weighted by Crippen LogP contribution is 2.24. The number of thiazole rings is 1. The van der Waals surface area contributed by atoms with Gasteiger partial charge in [-0.1, -0.05) is 6.92 Å². The maximum atomic E-state index is 4.69. The smallest absolute Gasteiger partial charge is 0.141 e. The van der Waals surface area contributed by atoms with Crippen molar-refractivity contribution in [3.05, 3.63) is 23.6 Å². The lowest BCUT2D eigenvalue weighted by molar-refractivity contribution is 0.674. The monoisotopic (exact) mass is 262 g/mol. The van der Waals surface area contributed by atoms with E-state index in [1.54, 1.807) is 11.3 Å². The highest BCUT2D eigenvalue weighted by atomic mass is 32.1. The first-order chi connectivity index (χ1) is 8.86. The molecule has 96 valence electrons. The van der Waals surface area contributed by atoms with E-state index in [2.05, 4.69) is 27.2 Å². The predicted octanol–water partition coefficient (Wildman–Crippen LogP) is 2.67. The molecule has 1 N–H and O–H groups in total. The average molecular weight is 262 g/mol. The first kappa shape index (κ1) is 11.9. The summed E-state index contributed by atoms with van der Waals surface area (Å²) in [6, 6.07) is 0.737. The Balaban J connectivity index is 1.72. The molecule has 1 aliphatic rings. The van der Waals surface area contributed by atoms with Crippen LogP contribution in [0.2, 0.25) is 0 Å². The molecule has 1 saturated carbocycles. The Morgan fingerprint density at radius 1 is 1.50 bits per heavy atom. The molecule has 18 heavy (non-hydrogen) atoms. The lowest BCUT2D eigenvalue weighted by Crippen LogP contribution is -2.15. The van der Waals surface area contributed by atoms with Crippen LogP contribution in [0.3, 0.4) is 0 Å². The van der Waals surface area contributed by atoms with Gasteiger partial charge in [0.1, 0.15) is 5.01 Å². The molecule has 0 amide bonds. The van der Waals surface area contributed by atoms with Crippen LogP contribution >= 0.6 is 11.3 Å². The van der Waals surface area contributed by atoms with Crippen molar-refractivity contribution in [2.24, 2.45) is 0 Å². The van der Waals surface area contributed by atoms with Crippen molar-refractivity contribution in [2.75, 3.05) is 0 Å². The van der Waals surface area contributed by atoms with Gasteiger partial charge in [0.25, 0.3) is 0 Å². The van der Waals surface area contributed by atoms with Gasteiger partial charge in [-0.25, -0.2) is 9.97 Å². The second-order valence-electron chi connectivity index (χ2n) is 4.77. The zero-order valence-electron chi connectivity index (χ0n) is 10.6. The normalized spacial score (nSPS) is 15.2. The van der Waals surface area contributed by atoms with Gasteiger partial charge in [0.05, 0.1) is 23.9 Å². The van der Waals surface area contributed by atoms with Crippen LogP contribution in [0.5, 0.6) is 0 Å². The number of hydrogen-bond acceptors (Lipinski definition) is 4. The van der Waals surface area contributed by atoms with E-state index in [1.807, 2.05) is 12.5 Å². The molecule has 2 aromatic rings. The van der Waals surface area contributed by atoms with Gasteiger partial charge in [-0.3, -0.25) is 0 Å². The molecule has 0 radical (unpaired) electrons. The van der Waals surface area contributed by atoms with Crippen molar-refractivity contribution >= 4 is 11.3 Å². The molecule has 0 aliphatic heterocycles. The number of hydrogen-bond donors (Lipinski definition) is 1. The number of nitrogens with one attached hydrogen (secondary N) is 1. The third-order valence-corrected chi connectivity index (χ3v) is 4.01. The van der Waals surface area contributed by atoms with Crippen molar-refractivity contribution in [1.82, 2.24) is 19.9 Å². The summed E-state index contributed by atoms with van der Waals surface area (Å²) in [4.78, 5) is 8.92. The number of aromatic nitrogens is 3. The van der Waals surface area contributed by atoms with Crippen LogP contribution < -0.4 is 5.32 Å². The molecular weight excluding hydrogens is 244 g/mol. The molecule has 0 saturated heterocycles. The van der Waals surface area contributed by atoms with Crippen molar-refractivity contribution in [1.29, 1.82) is 0 Å². The summed E-state index contributed by atoms with van der Waals surface area (Å²) in [6.45, 7) is 4.07. The average Bonchev–Trinajstić information content (AvgIpc) is 2.89. The Kier molecular flexibility index (Phi) is 3.43. The minimum absolute atomic E-state index is 0.737. The summed E-state index contributed by atoms with van der Waals surface area (Å²) in [5, 5.41) is 6.72. The molecule has 2 heterocycles. The van der Waals surface area contributed by atoms with Crippen molar-refractivity contribution in [3.8, 4) is 10.7 Å². The first-order valence-corrected chi connectivity index (χ1v) is 7.43. The van der Waals surface area contributed by atoms with E-state index in [0.29, 0.717) is 0 Å². The third kappa shape index (κ3) is 2.62. The van der Waals surface area contributed by atoms with Gasteiger partial charge in [0, 0.05) is 24.5 Å². The van der Waals surface area contributed by atoms with E-state index >= 15 is 0 Å². The highest BCUT2D eigenvalue weighted by Gasteiger charge is 2.20. The van der Waals surface area contributed by atoms with Gasteiger partial charge in [0.15, 0.2) is 0 Å². The third-order valence-electron chi connectivity index (χ3n) is 3.10. The van der Waals surface area contributed by atoms with Crippen LogP contribution in [0, 0.1) is 0 Å². The predicted molar refractivity (Wildman–Crippen MR) is 73.5 cm³/mol. The Labute approximate surface area is 111 Å². The molecule has 0 spiro atoms. The minimum atomic E-state index is 0.737. The summed E-state index contributed by atoms with van der Waals surface area (Å²) in [5.74, 6) is 0. The molecule has 0 unspecified atom stereocenters. The lowest BCUT2D eigenvalue weighted by Gasteiger charge is -2.03. The van der Waals surface area contributed by atoms with E-state index in [9.17, 15) is 0 Å². The Morgan fingerprint density at radius 2 is 2.39 bits per heavy atom. The van der Waals surface area contributed by atoms with Gasteiger partial charge in [0.2, 0.25) is 0 Å². The molecule has 4 nitrogen and oxygen atoms in total. The molecule has 3 rings (SSSR count). The van der Waals surface area contributed by atoms with Gasteiger partial charge >= 0.3 is 0 Å². The van der Waals surface area contributed by atoms with E-state index in [4.69, 9.17) is 4.98 Å². The van der Waals surface area contributed by atoms with Crippen LogP contribution in [0.25, 0.3) is 10.7 Å². The molecule has 1 fully saturated rings. The fourth-order valence-electron chi connectivity index (χ4n) is 1.96. The van der Waals surface area contributed by atoms with E-state index in [-0.39, 0.29) is 0 Å². The topological polar surface area (TPSA) is 42.7 Å². The van der Waals surface area contributed by atoms with Gasteiger partial charge < -0.3 is 9.88 Å². The van der Waals surface area contributed by atoms with E-state index in [1.165, 1.54) is 12.8 Å². The van der Waals surface area contributed by atoms with Crippen LogP contribution in [0.1, 0.15) is 31.9 Å². The molecule has 0 aromatic carbocycles. The van der Waals surface area contributed by atoms with Gasteiger partial charge in [-0.05, 0) is 19.3 Å². The Bertz CT molecular complexity index is 513. The molecule has 0 bridgehead atoms. The largest absolute Gasteiger partial charge is 0.329 e. The summed E-state index contributed by atoms with van der Waals surface area (Å²) in [7, 11) is 0. The van der Waals surface area contributed by atoms with E-state index < -0.39 is 0 Å². The van der Waals surface area contributed by atoms with Gasteiger partial charge in [-0.2, -0.15) is 0 Å². The number of nitrogens with zero attached hydrogens (tertiary/aromatic N) is 3. The minimum Gasteiger partial charge on any atom is -0.329 e. The summed E-state index contributed by atoms with van der Waals surface area (Å²) < 4.78 is 2.18. The number of aryl methyl sites for hydroxylation is 1. The Morgan fingerprint density at radius 3 is 3.17 bits per heavy atom. The lowest BCUT2D eigenvalue weighted by atomic mass is 10.4. The maximum absolute atomic E-state index is 4.69. The molecule has 5 heteroatoms. The summed E-state index contributed by atoms with van der Waals surface area (Å²) in [6.07, 6.45) is 7.56. The van der Waals surface area contributed by atoms with Crippen LogP contribution in [-0.4, -0.2) is 20.6 Å². The quantitative estimate of drug-likeness (QED) is 0.870. The highest BCUT2D eigenvalue weighted by molar-refractivity contribution is 7.13. The zero-order valence-corrected chi connectivity index (χ0v) is 11.4. The fraction of sp³-hybridized carbons (Fsp3) is 0.538. The molecule has 0 atom stereocenters. The van der Waals surface area contributed by atoms with Gasteiger partial charge in [-0.15, -0.1) is 11.3 Å². The van der Waals surface area contributed by atoms with Crippen molar-refractivity contribution in [3.63, 3.8) is 0 Å². The van der Waals surface area contributed by atoms with Crippen LogP contribution in [-0.2, 0) is 13.1 Å². The fourth-order valence-corrected chi connectivity index (χ4v) is 2.80. The van der Waals surface area contributed by atoms with E-state index in [0.717, 1.165) is 41.9 Å². The second kappa shape index (κ2) is 5.20. The maximum Gasteiger partial charge on any atom is 0.141 e. The molecular formula is C13H18N4S. The molecule has 1 aliphatic carbocycles. The second-order valence-corrected chi connectivity index (χ2v) is 5.63. The summed E-state index contributed by atoms with van der Waals surface area (Å²) >= 11 is 1.71. The summed E-state index contributed by atoms with van der Waals surface area (Å²) in [5.41, 5.74) is 2.28. The van der Waals surface area contributed by atoms with Crippen LogP contribution in [0.4, 0.5) is 0 Å². The zero-order chi connectivity index (χ0) is 12.4. The SMILES string of the molecule is CCCn1cncc1-c1nc(CNC2CC2)cs1.